The molecular weight excluding hydrogens is 369 g/mol. The molecule has 1 rings (SSSR count). The Bertz CT molecular complexity index is 625. The van der Waals surface area contributed by atoms with Gasteiger partial charge in [-0.05, 0) is 25.7 Å². The number of carbonyl (C=O) groups excluding carboxylic acids is 5. The molecule has 0 saturated carbocycles. The first kappa shape index (κ1) is 23.0. The molecule has 0 bridgehead atoms. The Morgan fingerprint density at radius 1 is 1.04 bits per heavy atom. The lowest BCUT2D eigenvalue weighted by Crippen LogP contribution is -2.52. The van der Waals surface area contributed by atoms with Crippen LogP contribution in [0.5, 0.6) is 0 Å². The number of amides is 4. The smallest absolute Gasteiger partial charge is 0.253 e. The molecule has 1 heterocycles. The van der Waals surface area contributed by atoms with Gasteiger partial charge in [-0.15, -0.1) is 0 Å². The van der Waals surface area contributed by atoms with E-state index in [0.29, 0.717) is 25.8 Å². The minimum atomic E-state index is -0.713. The number of hydrogen-bond donors (Lipinski definition) is 2. The van der Waals surface area contributed by atoms with E-state index >= 15 is 0 Å². The zero-order chi connectivity index (χ0) is 20.6. The third kappa shape index (κ3) is 7.59. The first-order chi connectivity index (χ1) is 12.6. The fourth-order valence-electron chi connectivity index (χ4n) is 2.54. The van der Waals surface area contributed by atoms with Crippen molar-refractivity contribution in [3.05, 3.63) is 12.2 Å². The number of imide groups is 1. The van der Waals surface area contributed by atoms with E-state index in [2.05, 4.69) is 10.6 Å². The van der Waals surface area contributed by atoms with E-state index in [0.717, 1.165) is 0 Å². The van der Waals surface area contributed by atoms with Gasteiger partial charge in [0.25, 0.3) is 11.8 Å². The lowest BCUT2D eigenvalue weighted by molar-refractivity contribution is -0.137. The molecule has 27 heavy (non-hydrogen) atoms. The van der Waals surface area contributed by atoms with Crippen molar-refractivity contribution in [1.29, 1.82) is 0 Å². The summed E-state index contributed by atoms with van der Waals surface area (Å²) in [5, 5.41) is 5.29. The van der Waals surface area contributed by atoms with E-state index in [1.165, 1.54) is 17.1 Å². The van der Waals surface area contributed by atoms with Gasteiger partial charge in [0.05, 0.1) is 6.04 Å². The molecule has 8 nitrogen and oxygen atoms in total. The van der Waals surface area contributed by atoms with Gasteiger partial charge < -0.3 is 10.6 Å². The van der Waals surface area contributed by atoms with Crippen molar-refractivity contribution in [2.24, 2.45) is 5.92 Å². The molecule has 1 aliphatic rings. The Morgan fingerprint density at radius 3 is 2.15 bits per heavy atom. The molecule has 3 atom stereocenters. The molecule has 0 radical (unpaired) electrons. The molecule has 4 amide bonds. The Hall–Kier alpha value is -2.08. The van der Waals surface area contributed by atoms with Crippen LogP contribution in [0.2, 0.25) is 0 Å². The summed E-state index contributed by atoms with van der Waals surface area (Å²) in [5.41, 5.74) is -0.234. The molecule has 0 spiro atoms. The first-order valence-corrected chi connectivity index (χ1v) is 9.63. The molecule has 0 aromatic heterocycles. The summed E-state index contributed by atoms with van der Waals surface area (Å²) in [7, 11) is 2.02. The summed E-state index contributed by atoms with van der Waals surface area (Å²) in [6, 6.07) is -1.35. The first-order valence-electron chi connectivity index (χ1n) is 9.06. The van der Waals surface area contributed by atoms with Crippen LogP contribution in [0.25, 0.3) is 0 Å². The van der Waals surface area contributed by atoms with Crippen LogP contribution in [0, 0.1) is 5.92 Å². The number of unbranched alkanes of at least 4 members (excludes halogenated alkanes) is 2. The van der Waals surface area contributed by atoms with Gasteiger partial charge in [-0.25, -0.2) is 0 Å². The van der Waals surface area contributed by atoms with Crippen molar-refractivity contribution in [3.63, 3.8) is 0 Å². The van der Waals surface area contributed by atoms with Crippen molar-refractivity contribution in [2.75, 3.05) is 6.54 Å². The van der Waals surface area contributed by atoms with Crippen LogP contribution < -0.4 is 10.6 Å². The topological polar surface area (TPSA) is 113 Å². The molecule has 0 aromatic rings. The predicted molar refractivity (Wildman–Crippen MR) is 108 cm³/mol. The lowest BCUT2D eigenvalue weighted by atomic mass is 10.0. The largest absolute Gasteiger partial charge is 0.344 e. The Kier molecular flexibility index (Phi) is 9.29. The number of nitrogens with zero attached hydrogens (tertiary/aromatic N) is 1. The van der Waals surface area contributed by atoms with Crippen molar-refractivity contribution >= 4 is 38.4 Å². The Balaban J connectivity index is 0. The Morgan fingerprint density at radius 2 is 1.63 bits per heavy atom. The third-order valence-electron chi connectivity index (χ3n) is 4.24. The molecule has 0 saturated heterocycles. The molecule has 1 aliphatic heterocycles. The van der Waals surface area contributed by atoms with Crippen LogP contribution in [0.1, 0.15) is 49.3 Å². The molecule has 154 valence electrons. The molecule has 2 N–H and O–H groups in total. The summed E-state index contributed by atoms with van der Waals surface area (Å²) < 4.78 is 0. The summed E-state index contributed by atoms with van der Waals surface area (Å²) in [4.78, 5) is 59.6. The highest BCUT2D eigenvalue weighted by Crippen LogP contribution is 2.09. The van der Waals surface area contributed by atoms with Crippen LogP contribution in [0.3, 0.4) is 0 Å². The fraction of sp³-hybridized carbons (Fsp3) is 0.611. The van der Waals surface area contributed by atoms with E-state index in [1.807, 2.05) is 23.1 Å². The maximum Gasteiger partial charge on any atom is 0.253 e. The van der Waals surface area contributed by atoms with Gasteiger partial charge in [-0.1, -0.05) is 29.5 Å². The zero-order valence-corrected chi connectivity index (χ0v) is 17.1. The van der Waals surface area contributed by atoms with Crippen LogP contribution in [0.4, 0.5) is 0 Å². The summed E-state index contributed by atoms with van der Waals surface area (Å²) in [6.45, 7) is 5.55. The van der Waals surface area contributed by atoms with E-state index in [1.54, 1.807) is 6.92 Å². The molecule has 0 aromatic carbocycles. The Labute approximate surface area is 164 Å². The highest BCUT2D eigenvalue weighted by atomic mass is 31.0. The molecular formula is C18H32N3O5P. The summed E-state index contributed by atoms with van der Waals surface area (Å²) >= 11 is 0. The van der Waals surface area contributed by atoms with Crippen molar-refractivity contribution < 1.29 is 26.8 Å². The number of rotatable bonds is 11. The van der Waals surface area contributed by atoms with Gasteiger partial charge in [0.2, 0.25) is 11.8 Å². The average molecular weight is 401 g/mol. The van der Waals surface area contributed by atoms with Crippen LogP contribution in [-0.4, -0.2) is 52.7 Å². The van der Waals surface area contributed by atoms with Gasteiger partial charge in [-0.2, -0.15) is 0 Å². The zero-order valence-electron chi connectivity index (χ0n) is 16.0. The highest BCUT2D eigenvalue weighted by molar-refractivity contribution is 7.40. The van der Waals surface area contributed by atoms with E-state index in [9.17, 15) is 24.0 Å². The van der Waals surface area contributed by atoms with Crippen molar-refractivity contribution in [3.8, 4) is 0 Å². The quantitative estimate of drug-likeness (QED) is 0.305. The maximum absolute atomic E-state index is 12.3. The van der Waals surface area contributed by atoms with Gasteiger partial charge in [-0.3, -0.25) is 28.9 Å². The number of nitrogens with one attached hydrogen (secondary N) is 2. The number of carbonyl (C=O) groups is 5. The second-order valence-corrected chi connectivity index (χ2v) is 7.46. The van der Waals surface area contributed by atoms with E-state index in [-0.39, 0.29) is 44.3 Å². The molecule has 9 heteroatoms. The fourth-order valence-corrected chi connectivity index (χ4v) is 2.62. The summed E-state index contributed by atoms with van der Waals surface area (Å²) in [6.07, 6.45) is 4.63. The standard InChI is InChI=1S/C18H28N3O5P.2H2/c1-11(2)16(17(25)19-12(3)18(26)27)20-13(22)7-5-4-6-10-21-14(23)8-9-15(21)24;;/h8-9,11-12,16H,4-7,10,27H2,1-3H3,(H,19,25)(H,20,22);2*1H/t12-,16-;;/m0../s1. The maximum atomic E-state index is 12.3. The third-order valence-corrected chi connectivity index (χ3v) is 4.74. The normalized spacial score (nSPS) is 15.8. The molecule has 1 unspecified atom stereocenters. The van der Waals surface area contributed by atoms with Gasteiger partial charge in [0, 0.05) is 28.0 Å². The van der Waals surface area contributed by atoms with Gasteiger partial charge >= 0.3 is 0 Å². The molecule has 0 aliphatic carbocycles. The van der Waals surface area contributed by atoms with Crippen LogP contribution >= 0.6 is 9.24 Å². The predicted octanol–water partition coefficient (Wildman–Crippen LogP) is 1.01. The second-order valence-electron chi connectivity index (χ2n) is 6.89. The van der Waals surface area contributed by atoms with Gasteiger partial charge in [0.1, 0.15) is 6.04 Å². The molecule has 0 fully saturated rings. The van der Waals surface area contributed by atoms with E-state index in [4.69, 9.17) is 0 Å². The highest BCUT2D eigenvalue weighted by Gasteiger charge is 2.26. The van der Waals surface area contributed by atoms with Gasteiger partial charge in [0.15, 0.2) is 5.52 Å². The van der Waals surface area contributed by atoms with Crippen LogP contribution in [-0.2, 0) is 24.0 Å². The number of hydrogen-bond acceptors (Lipinski definition) is 5. The summed E-state index contributed by atoms with van der Waals surface area (Å²) in [5.74, 6) is -1.37. The SMILES string of the molecule is CC(C)[C@H](NC(=O)CCCCCN1C(=O)C=CC1=O)C(=O)N[C@@H](C)C(=O)P.[HH].[HH]. The lowest BCUT2D eigenvalue weighted by Gasteiger charge is -2.23. The van der Waals surface area contributed by atoms with E-state index < -0.39 is 12.1 Å². The van der Waals surface area contributed by atoms with Crippen molar-refractivity contribution in [2.45, 2.75) is 58.5 Å². The monoisotopic (exact) mass is 401 g/mol. The minimum absolute atomic E-state index is 0. The van der Waals surface area contributed by atoms with Crippen LogP contribution in [0.15, 0.2) is 12.2 Å². The average Bonchev–Trinajstić information content (AvgIpc) is 2.90. The minimum Gasteiger partial charge on any atom is -0.344 e. The van der Waals surface area contributed by atoms with Crippen molar-refractivity contribution in [1.82, 2.24) is 15.5 Å². The second kappa shape index (κ2) is 10.9.